The monoisotopic (exact) mass is 158 g/mol. The topological polar surface area (TPSA) is 0 Å². The molecule has 0 aliphatic rings. The zero-order valence-corrected chi connectivity index (χ0v) is 7.54. The minimum absolute atomic E-state index is 0.934. The van der Waals surface area contributed by atoms with Crippen LogP contribution in [-0.2, 0) is 0 Å². The molecule has 0 aromatic carbocycles. The van der Waals surface area contributed by atoms with Crippen LogP contribution in [0.2, 0.25) is 0 Å². The molecule has 10 heavy (non-hydrogen) atoms. The predicted molar refractivity (Wildman–Crippen MR) is 48.3 cm³/mol. The van der Waals surface area contributed by atoms with E-state index in [2.05, 4.69) is 20.4 Å². The van der Waals surface area contributed by atoms with E-state index in [4.69, 9.17) is 11.6 Å². The lowest BCUT2D eigenvalue weighted by atomic mass is 10.1. The zero-order chi connectivity index (χ0) is 7.98. The van der Waals surface area contributed by atoms with Gasteiger partial charge in [0, 0.05) is 5.03 Å². The summed E-state index contributed by atoms with van der Waals surface area (Å²) in [6.45, 7) is 7.86. The summed E-state index contributed by atoms with van der Waals surface area (Å²) in [4.78, 5) is 0. The molecule has 0 unspecified atom stereocenters. The molecule has 0 aliphatic carbocycles. The van der Waals surface area contributed by atoms with Gasteiger partial charge < -0.3 is 0 Å². The lowest BCUT2D eigenvalue weighted by molar-refractivity contribution is 0.989. The number of hydrogen-bond acceptors (Lipinski definition) is 0. The highest BCUT2D eigenvalue weighted by Crippen LogP contribution is 2.19. The highest BCUT2D eigenvalue weighted by Gasteiger charge is 1.96. The zero-order valence-electron chi connectivity index (χ0n) is 6.78. The molecule has 0 aliphatic heterocycles. The highest BCUT2D eigenvalue weighted by atomic mass is 35.5. The predicted octanol–water partition coefficient (Wildman–Crippen LogP) is 3.88. The van der Waals surface area contributed by atoms with Crippen LogP contribution in [0.4, 0.5) is 0 Å². The smallest absolute Gasteiger partial charge is 0.0173 e. The summed E-state index contributed by atoms with van der Waals surface area (Å²) in [5.74, 6) is 0. The summed E-state index contributed by atoms with van der Waals surface area (Å²) >= 11 is 5.94. The van der Waals surface area contributed by atoms with Gasteiger partial charge in [0.25, 0.3) is 0 Å². The Morgan fingerprint density at radius 3 is 2.30 bits per heavy atom. The van der Waals surface area contributed by atoms with Crippen molar-refractivity contribution in [2.24, 2.45) is 0 Å². The Bertz CT molecular complexity index is 134. The molecule has 1 heteroatoms. The third-order valence-electron chi connectivity index (χ3n) is 1.51. The van der Waals surface area contributed by atoms with Gasteiger partial charge in [-0.25, -0.2) is 0 Å². The summed E-state index contributed by atoms with van der Waals surface area (Å²) < 4.78 is 0. The van der Waals surface area contributed by atoms with Crippen molar-refractivity contribution in [3.8, 4) is 0 Å². The maximum Gasteiger partial charge on any atom is 0.0173 e. The molecule has 58 valence electrons. The van der Waals surface area contributed by atoms with Gasteiger partial charge in [0.15, 0.2) is 0 Å². The van der Waals surface area contributed by atoms with Crippen molar-refractivity contribution in [2.45, 2.75) is 33.1 Å². The average Bonchev–Trinajstić information content (AvgIpc) is 1.99. The van der Waals surface area contributed by atoms with Gasteiger partial charge >= 0.3 is 0 Å². The Morgan fingerprint density at radius 1 is 1.40 bits per heavy atom. The second-order valence-corrected chi connectivity index (χ2v) is 2.66. The Labute approximate surface area is 68.6 Å². The molecule has 0 nitrogen and oxygen atoms in total. The molecule has 0 spiro atoms. The van der Waals surface area contributed by atoms with Crippen molar-refractivity contribution >= 4 is 11.6 Å². The first-order chi connectivity index (χ1) is 4.76. The molecule has 0 saturated heterocycles. The molecule has 0 bridgehead atoms. The molecule has 0 aromatic rings. The fraction of sp³-hybridized carbons (Fsp3) is 0.556. The maximum absolute atomic E-state index is 5.94. The summed E-state index contributed by atoms with van der Waals surface area (Å²) in [5, 5.41) is 1.00. The van der Waals surface area contributed by atoms with Crippen LogP contribution in [0.15, 0.2) is 23.3 Å². The molecule has 0 rings (SSSR count). The first-order valence-electron chi connectivity index (χ1n) is 3.73. The third kappa shape index (κ3) is 3.07. The van der Waals surface area contributed by atoms with Gasteiger partial charge in [0.05, 0.1) is 0 Å². The molecular formula is C9H15Cl. The van der Waals surface area contributed by atoms with Crippen molar-refractivity contribution in [1.82, 2.24) is 0 Å². The molecule has 0 saturated carbocycles. The fourth-order valence-corrected chi connectivity index (χ4v) is 1.08. The molecule has 0 amide bonds. The fourth-order valence-electron chi connectivity index (χ4n) is 0.871. The van der Waals surface area contributed by atoms with E-state index in [9.17, 15) is 0 Å². The average molecular weight is 159 g/mol. The van der Waals surface area contributed by atoms with Crippen molar-refractivity contribution in [1.29, 1.82) is 0 Å². The van der Waals surface area contributed by atoms with E-state index in [1.165, 1.54) is 5.57 Å². The van der Waals surface area contributed by atoms with Gasteiger partial charge in [-0.3, -0.25) is 0 Å². The van der Waals surface area contributed by atoms with E-state index in [1.54, 1.807) is 0 Å². The Kier molecular flexibility index (Phi) is 5.42. The van der Waals surface area contributed by atoms with E-state index >= 15 is 0 Å². The highest BCUT2D eigenvalue weighted by molar-refractivity contribution is 6.29. The van der Waals surface area contributed by atoms with E-state index < -0.39 is 0 Å². The Balaban J connectivity index is 4.13. The first kappa shape index (κ1) is 9.77. The van der Waals surface area contributed by atoms with Crippen LogP contribution in [-0.4, -0.2) is 0 Å². The van der Waals surface area contributed by atoms with Gasteiger partial charge in [0.2, 0.25) is 0 Å². The molecule has 0 atom stereocenters. The minimum Gasteiger partial charge on any atom is -0.103 e. The van der Waals surface area contributed by atoms with E-state index in [1.807, 2.05) is 6.08 Å². The molecule has 0 heterocycles. The molecule has 0 aromatic heterocycles. The maximum atomic E-state index is 5.94. The number of hydrogen-bond donors (Lipinski definition) is 0. The Hall–Kier alpha value is -0.230. The van der Waals surface area contributed by atoms with Crippen LogP contribution >= 0.6 is 11.6 Å². The number of halogens is 1. The second kappa shape index (κ2) is 5.55. The van der Waals surface area contributed by atoms with Crippen LogP contribution in [0.5, 0.6) is 0 Å². The van der Waals surface area contributed by atoms with Gasteiger partial charge in [-0.2, -0.15) is 0 Å². The third-order valence-corrected chi connectivity index (χ3v) is 2.05. The quantitative estimate of drug-likeness (QED) is 0.545. The van der Waals surface area contributed by atoms with Crippen LogP contribution in [0, 0.1) is 0 Å². The number of rotatable bonds is 4. The van der Waals surface area contributed by atoms with E-state index in [0.29, 0.717) is 0 Å². The molecule has 0 radical (unpaired) electrons. The van der Waals surface area contributed by atoms with Crippen LogP contribution in [0.25, 0.3) is 0 Å². The van der Waals surface area contributed by atoms with Crippen molar-refractivity contribution in [2.75, 3.05) is 0 Å². The number of allylic oxidation sites excluding steroid dienone is 3. The van der Waals surface area contributed by atoms with Crippen LogP contribution < -0.4 is 0 Å². The van der Waals surface area contributed by atoms with Gasteiger partial charge in [-0.05, 0) is 19.3 Å². The van der Waals surface area contributed by atoms with Crippen LogP contribution in [0.1, 0.15) is 33.1 Å². The van der Waals surface area contributed by atoms with E-state index in [-0.39, 0.29) is 0 Å². The van der Waals surface area contributed by atoms with Gasteiger partial charge in [0.1, 0.15) is 0 Å². The van der Waals surface area contributed by atoms with Gasteiger partial charge in [-0.1, -0.05) is 37.1 Å². The molecular weight excluding hydrogens is 144 g/mol. The minimum atomic E-state index is 0.934. The Morgan fingerprint density at radius 2 is 2.00 bits per heavy atom. The lowest BCUT2D eigenvalue weighted by Gasteiger charge is -2.02. The summed E-state index contributed by atoms with van der Waals surface area (Å²) in [6.07, 6.45) is 4.82. The summed E-state index contributed by atoms with van der Waals surface area (Å²) in [5.41, 5.74) is 1.32. The molecule has 0 N–H and O–H groups in total. The SMILES string of the molecule is C=CC/C(CC)=C(\Cl)CC. The second-order valence-electron chi connectivity index (χ2n) is 2.21. The largest absolute Gasteiger partial charge is 0.103 e. The normalized spacial score (nSPS) is 12.7. The van der Waals surface area contributed by atoms with E-state index in [0.717, 1.165) is 24.3 Å². The first-order valence-corrected chi connectivity index (χ1v) is 4.11. The summed E-state index contributed by atoms with van der Waals surface area (Å²) in [6, 6.07) is 0. The van der Waals surface area contributed by atoms with Crippen molar-refractivity contribution < 1.29 is 0 Å². The molecule has 0 fully saturated rings. The standard InChI is InChI=1S/C9H15Cl/c1-4-7-8(5-2)9(10)6-3/h4H,1,5-7H2,2-3H3/b9-8-. The van der Waals surface area contributed by atoms with Gasteiger partial charge in [-0.15, -0.1) is 6.58 Å². The van der Waals surface area contributed by atoms with Crippen molar-refractivity contribution in [3.05, 3.63) is 23.3 Å². The lowest BCUT2D eigenvalue weighted by Crippen LogP contribution is -1.82. The van der Waals surface area contributed by atoms with Crippen LogP contribution in [0.3, 0.4) is 0 Å². The van der Waals surface area contributed by atoms with Crippen molar-refractivity contribution in [3.63, 3.8) is 0 Å². The summed E-state index contributed by atoms with van der Waals surface area (Å²) in [7, 11) is 0.